The first kappa shape index (κ1) is 30.5. The lowest BCUT2D eigenvalue weighted by Gasteiger charge is -2.14. The second kappa shape index (κ2) is 19.8. The summed E-state index contributed by atoms with van der Waals surface area (Å²) in [5.41, 5.74) is 2.05. The van der Waals surface area contributed by atoms with Gasteiger partial charge in [-0.25, -0.2) is 9.59 Å². The summed E-state index contributed by atoms with van der Waals surface area (Å²) in [7, 11) is 0. The van der Waals surface area contributed by atoms with Crippen molar-refractivity contribution in [2.45, 2.75) is 105 Å². The number of nitrogens with one attached hydrogen (secondary N) is 1. The predicted octanol–water partition coefficient (Wildman–Crippen LogP) is 7.71. The molecule has 6 nitrogen and oxygen atoms in total. The summed E-state index contributed by atoms with van der Waals surface area (Å²) in [4.78, 5) is 24.3. The molecule has 198 valence electrons. The molecule has 0 unspecified atom stereocenters. The van der Waals surface area contributed by atoms with Crippen LogP contribution < -0.4 is 5.32 Å². The molecule has 0 atom stereocenters. The molecule has 0 heterocycles. The van der Waals surface area contributed by atoms with Crippen LogP contribution in [-0.2, 0) is 19.0 Å². The highest BCUT2D eigenvalue weighted by Gasteiger charge is 2.12. The maximum absolute atomic E-state index is 12.5. The normalized spacial score (nSPS) is 11.3. The monoisotopic (exact) mass is 489 g/mol. The van der Waals surface area contributed by atoms with E-state index in [9.17, 15) is 9.59 Å². The van der Waals surface area contributed by atoms with E-state index in [4.69, 9.17) is 14.2 Å². The van der Waals surface area contributed by atoms with Crippen LogP contribution in [0.3, 0.4) is 0 Å². The predicted molar refractivity (Wildman–Crippen MR) is 143 cm³/mol. The summed E-state index contributed by atoms with van der Waals surface area (Å²) >= 11 is 0. The van der Waals surface area contributed by atoms with Gasteiger partial charge >= 0.3 is 11.9 Å². The molecule has 35 heavy (non-hydrogen) atoms. The molecule has 0 spiro atoms. The molecule has 0 saturated heterocycles. The number of aryl methyl sites for hydroxylation is 1. The Morgan fingerprint density at radius 2 is 1.34 bits per heavy atom. The molecular formula is C29H47NO5. The Morgan fingerprint density at radius 3 is 1.91 bits per heavy atom. The molecule has 1 N–H and O–H groups in total. The molecule has 0 aliphatic carbocycles. The van der Waals surface area contributed by atoms with Crippen molar-refractivity contribution < 1.29 is 23.8 Å². The number of hydrogen-bond acceptors (Lipinski definition) is 6. The Kier molecular flexibility index (Phi) is 17.2. The number of carbonyl (C=O) groups excluding carboxylic acids is 2. The highest BCUT2D eigenvalue weighted by atomic mass is 16.5. The Bertz CT molecular complexity index is 759. The van der Waals surface area contributed by atoms with Crippen LogP contribution in [0.2, 0.25) is 0 Å². The minimum absolute atomic E-state index is 0.274. The summed E-state index contributed by atoms with van der Waals surface area (Å²) in [6, 6.07) is 5.31. The molecule has 1 aromatic carbocycles. The molecule has 0 radical (unpaired) electrons. The van der Waals surface area contributed by atoms with Crippen molar-refractivity contribution in [3.8, 4) is 0 Å². The van der Waals surface area contributed by atoms with Crippen LogP contribution in [0.25, 0.3) is 0 Å². The highest BCUT2D eigenvalue weighted by molar-refractivity contribution is 5.91. The van der Waals surface area contributed by atoms with E-state index >= 15 is 0 Å². The third kappa shape index (κ3) is 14.5. The fourth-order valence-electron chi connectivity index (χ4n) is 3.77. The van der Waals surface area contributed by atoms with Gasteiger partial charge in [0.15, 0.2) is 5.88 Å². The van der Waals surface area contributed by atoms with Crippen LogP contribution >= 0.6 is 0 Å². The summed E-state index contributed by atoms with van der Waals surface area (Å²) in [5, 5.41) is 3.08. The fraction of sp³-hybridized carbons (Fsp3) is 0.655. The number of hydrogen-bond donors (Lipinski definition) is 1. The van der Waals surface area contributed by atoms with Gasteiger partial charge in [0.2, 0.25) is 0 Å². The SMILES string of the molecule is CCCCCCCCCCCCCCOC(=O)c1ccc(C)c(N/C(=C/C(=O)OCC)OCC)c1. The maximum Gasteiger partial charge on any atom is 0.338 e. The summed E-state index contributed by atoms with van der Waals surface area (Å²) in [5.74, 6) is -0.557. The van der Waals surface area contributed by atoms with Gasteiger partial charge in [0, 0.05) is 5.69 Å². The van der Waals surface area contributed by atoms with E-state index in [0.717, 1.165) is 18.4 Å². The number of esters is 2. The first-order valence-electron chi connectivity index (χ1n) is 13.6. The zero-order chi connectivity index (χ0) is 25.7. The topological polar surface area (TPSA) is 73.9 Å². The molecule has 0 fully saturated rings. The Balaban J connectivity index is 2.35. The van der Waals surface area contributed by atoms with Gasteiger partial charge in [0.25, 0.3) is 0 Å². The molecule has 0 amide bonds. The van der Waals surface area contributed by atoms with Crippen molar-refractivity contribution in [1.29, 1.82) is 0 Å². The van der Waals surface area contributed by atoms with Crippen LogP contribution in [0.15, 0.2) is 30.2 Å². The van der Waals surface area contributed by atoms with Gasteiger partial charge in [-0.2, -0.15) is 0 Å². The van der Waals surface area contributed by atoms with E-state index in [2.05, 4.69) is 12.2 Å². The quantitative estimate of drug-likeness (QED) is 0.0875. The van der Waals surface area contributed by atoms with Crippen LogP contribution in [0, 0.1) is 6.92 Å². The van der Waals surface area contributed by atoms with Crippen molar-refractivity contribution in [1.82, 2.24) is 0 Å². The number of unbranched alkanes of at least 4 members (excludes halogenated alkanes) is 11. The lowest BCUT2D eigenvalue weighted by atomic mass is 10.1. The van der Waals surface area contributed by atoms with Crippen LogP contribution in [0.1, 0.15) is 114 Å². The second-order valence-corrected chi connectivity index (χ2v) is 8.87. The Morgan fingerprint density at radius 1 is 0.771 bits per heavy atom. The zero-order valence-electron chi connectivity index (χ0n) is 22.5. The van der Waals surface area contributed by atoms with Crippen molar-refractivity contribution in [2.24, 2.45) is 0 Å². The molecule has 0 aromatic heterocycles. The number of carbonyl (C=O) groups is 2. The van der Waals surface area contributed by atoms with Gasteiger partial charge in [0.05, 0.1) is 31.5 Å². The van der Waals surface area contributed by atoms with E-state index in [1.54, 1.807) is 19.1 Å². The molecule has 1 aromatic rings. The first-order valence-corrected chi connectivity index (χ1v) is 13.6. The van der Waals surface area contributed by atoms with Crippen LogP contribution in [-0.4, -0.2) is 31.8 Å². The molecule has 1 rings (SSSR count). The van der Waals surface area contributed by atoms with Gasteiger partial charge in [-0.1, -0.05) is 83.6 Å². The molecule has 0 aliphatic rings. The third-order valence-corrected chi connectivity index (χ3v) is 5.80. The number of rotatable bonds is 20. The van der Waals surface area contributed by atoms with Gasteiger partial charge in [-0.3, -0.25) is 0 Å². The standard InChI is InChI=1S/C29H47NO5/c1-5-8-9-10-11-12-13-14-15-16-17-18-21-35-29(32)25-20-19-24(4)26(22-25)30-27(33-6-2)23-28(31)34-7-3/h19-20,22-23,30H,5-18,21H2,1-4H3/b27-23-. The third-order valence-electron chi connectivity index (χ3n) is 5.80. The van der Waals surface area contributed by atoms with Crippen LogP contribution in [0.5, 0.6) is 0 Å². The molecule has 6 heteroatoms. The molecule has 0 bridgehead atoms. The van der Waals surface area contributed by atoms with E-state index in [1.165, 1.54) is 70.3 Å². The van der Waals surface area contributed by atoms with Crippen molar-refractivity contribution in [3.63, 3.8) is 0 Å². The second-order valence-electron chi connectivity index (χ2n) is 8.87. The molecular weight excluding hydrogens is 442 g/mol. The van der Waals surface area contributed by atoms with Crippen molar-refractivity contribution in [2.75, 3.05) is 25.1 Å². The van der Waals surface area contributed by atoms with Crippen molar-refractivity contribution >= 4 is 17.6 Å². The number of ether oxygens (including phenoxy) is 3. The minimum atomic E-state index is -0.487. The average molecular weight is 490 g/mol. The Hall–Kier alpha value is -2.50. The van der Waals surface area contributed by atoms with E-state index in [1.807, 2.05) is 19.9 Å². The maximum atomic E-state index is 12.5. The largest absolute Gasteiger partial charge is 0.479 e. The summed E-state index contributed by atoms with van der Waals surface area (Å²) in [6.45, 7) is 8.85. The van der Waals surface area contributed by atoms with E-state index in [-0.39, 0.29) is 18.5 Å². The van der Waals surface area contributed by atoms with Gasteiger partial charge in [-0.05, 0) is 44.9 Å². The lowest BCUT2D eigenvalue weighted by Crippen LogP contribution is -2.11. The van der Waals surface area contributed by atoms with Gasteiger partial charge in [-0.15, -0.1) is 0 Å². The highest BCUT2D eigenvalue weighted by Crippen LogP contribution is 2.20. The van der Waals surface area contributed by atoms with E-state index < -0.39 is 5.97 Å². The summed E-state index contributed by atoms with van der Waals surface area (Å²) in [6.07, 6.45) is 16.5. The average Bonchev–Trinajstić information content (AvgIpc) is 2.83. The smallest absolute Gasteiger partial charge is 0.338 e. The van der Waals surface area contributed by atoms with E-state index in [0.29, 0.717) is 24.5 Å². The fourth-order valence-corrected chi connectivity index (χ4v) is 3.77. The number of anilines is 1. The van der Waals surface area contributed by atoms with Crippen LogP contribution in [0.4, 0.5) is 5.69 Å². The first-order chi connectivity index (χ1) is 17.0. The minimum Gasteiger partial charge on any atom is -0.479 e. The Labute approximate surface area is 212 Å². The molecule has 0 aliphatic heterocycles. The lowest BCUT2D eigenvalue weighted by molar-refractivity contribution is -0.137. The summed E-state index contributed by atoms with van der Waals surface area (Å²) < 4.78 is 15.9. The number of benzene rings is 1. The van der Waals surface area contributed by atoms with Crippen molar-refractivity contribution in [3.05, 3.63) is 41.3 Å². The zero-order valence-corrected chi connectivity index (χ0v) is 22.5. The van der Waals surface area contributed by atoms with Gasteiger partial charge in [0.1, 0.15) is 0 Å². The molecule has 0 saturated carbocycles. The van der Waals surface area contributed by atoms with Gasteiger partial charge < -0.3 is 19.5 Å².